The molecule has 4 rings (SSSR count). The second-order valence-electron chi connectivity index (χ2n) is 9.15. The molecule has 2 atom stereocenters. The first-order valence-electron chi connectivity index (χ1n) is 9.74. The predicted molar refractivity (Wildman–Crippen MR) is 105 cm³/mol. The van der Waals surface area contributed by atoms with Crippen molar-refractivity contribution in [2.24, 2.45) is 5.92 Å². The van der Waals surface area contributed by atoms with Crippen LogP contribution in [-0.4, -0.2) is 43.0 Å². The smallest absolute Gasteiger partial charge is 0.399 e. The van der Waals surface area contributed by atoms with Crippen LogP contribution in [0.5, 0.6) is 0 Å². The van der Waals surface area contributed by atoms with Crippen molar-refractivity contribution < 1.29 is 22.5 Å². The number of benzene rings is 1. The van der Waals surface area contributed by atoms with Gasteiger partial charge in [-0.05, 0) is 58.8 Å². The second-order valence-corrected chi connectivity index (χ2v) is 11.7. The predicted octanol–water partition coefficient (Wildman–Crippen LogP) is 2.52. The summed E-state index contributed by atoms with van der Waals surface area (Å²) < 4.78 is 36.6. The minimum Gasteiger partial charge on any atom is -0.399 e. The standard InChI is InChI=1S/C20H27BO5S/c1-19(2)20(3,4)26-21(25-19)15-7-5-13(6-8-15)18(22)14-11-16-9-10-17(12-14)27(16,23)24/h5-8,14,16-17H,9-12H2,1-4H3. The van der Waals surface area contributed by atoms with Crippen LogP contribution in [-0.2, 0) is 19.1 Å². The first kappa shape index (κ1) is 19.2. The van der Waals surface area contributed by atoms with Crippen molar-refractivity contribution in [3.05, 3.63) is 29.8 Å². The topological polar surface area (TPSA) is 69.7 Å². The number of rotatable bonds is 3. The van der Waals surface area contributed by atoms with Crippen molar-refractivity contribution in [2.45, 2.75) is 75.1 Å². The fraction of sp³-hybridized carbons (Fsp3) is 0.650. The van der Waals surface area contributed by atoms with Gasteiger partial charge in [-0.3, -0.25) is 4.79 Å². The molecule has 3 heterocycles. The van der Waals surface area contributed by atoms with E-state index >= 15 is 0 Å². The third-order valence-electron chi connectivity index (χ3n) is 6.93. The lowest BCUT2D eigenvalue weighted by molar-refractivity contribution is 0.00578. The van der Waals surface area contributed by atoms with Crippen molar-refractivity contribution >= 4 is 28.2 Å². The van der Waals surface area contributed by atoms with E-state index in [2.05, 4.69) is 0 Å². The summed E-state index contributed by atoms with van der Waals surface area (Å²) >= 11 is 0. The number of carbonyl (C=O) groups excluding carboxylic acids is 1. The Morgan fingerprint density at radius 1 is 0.963 bits per heavy atom. The molecule has 0 aliphatic carbocycles. The van der Waals surface area contributed by atoms with Crippen molar-refractivity contribution in [3.8, 4) is 0 Å². The highest BCUT2D eigenvalue weighted by atomic mass is 32.2. The number of sulfone groups is 1. The third kappa shape index (κ3) is 3.08. The van der Waals surface area contributed by atoms with E-state index in [1.165, 1.54) is 0 Å². The summed E-state index contributed by atoms with van der Waals surface area (Å²) in [6.45, 7) is 8.04. The SMILES string of the molecule is CC1(C)OB(c2ccc(C(=O)C3CC4CCC(C3)S4(=O)=O)cc2)OC1(C)C. The molecule has 0 N–H and O–H groups in total. The van der Waals surface area contributed by atoms with Gasteiger partial charge in [0.2, 0.25) is 0 Å². The Morgan fingerprint density at radius 3 is 1.93 bits per heavy atom. The number of ketones is 1. The Bertz CT molecular complexity index is 823. The van der Waals surface area contributed by atoms with E-state index in [9.17, 15) is 13.2 Å². The molecule has 5 nitrogen and oxygen atoms in total. The fourth-order valence-electron chi connectivity index (χ4n) is 4.44. The maximum atomic E-state index is 12.9. The van der Waals surface area contributed by atoms with Crippen LogP contribution in [0.1, 0.15) is 63.7 Å². The van der Waals surface area contributed by atoms with Crippen LogP contribution in [0.25, 0.3) is 0 Å². The van der Waals surface area contributed by atoms with Crippen LogP contribution in [0.4, 0.5) is 0 Å². The first-order valence-corrected chi connectivity index (χ1v) is 11.3. The van der Waals surface area contributed by atoms with Gasteiger partial charge in [-0.2, -0.15) is 0 Å². The molecule has 3 saturated heterocycles. The summed E-state index contributed by atoms with van der Waals surface area (Å²) in [4.78, 5) is 12.9. The highest BCUT2D eigenvalue weighted by Gasteiger charge is 2.52. The molecule has 2 bridgehead atoms. The molecule has 2 unspecified atom stereocenters. The number of hydrogen-bond acceptors (Lipinski definition) is 5. The van der Waals surface area contributed by atoms with E-state index in [-0.39, 0.29) is 22.2 Å². The Hall–Kier alpha value is -1.18. The van der Waals surface area contributed by atoms with Gasteiger partial charge >= 0.3 is 7.12 Å². The van der Waals surface area contributed by atoms with E-state index < -0.39 is 28.2 Å². The van der Waals surface area contributed by atoms with Crippen LogP contribution in [0, 0.1) is 5.92 Å². The van der Waals surface area contributed by atoms with Crippen molar-refractivity contribution in [1.29, 1.82) is 0 Å². The van der Waals surface area contributed by atoms with E-state index in [1.54, 1.807) is 0 Å². The lowest BCUT2D eigenvalue weighted by Gasteiger charge is -2.32. The monoisotopic (exact) mass is 390 g/mol. The molecule has 146 valence electrons. The zero-order chi connectivity index (χ0) is 19.6. The van der Waals surface area contributed by atoms with E-state index in [0.29, 0.717) is 31.2 Å². The Balaban J connectivity index is 1.48. The van der Waals surface area contributed by atoms with Crippen LogP contribution >= 0.6 is 0 Å². The Labute approximate surface area is 161 Å². The molecule has 0 saturated carbocycles. The highest BCUT2D eigenvalue weighted by Crippen LogP contribution is 2.42. The maximum absolute atomic E-state index is 12.9. The van der Waals surface area contributed by atoms with Gasteiger partial charge in [0.1, 0.15) is 0 Å². The maximum Gasteiger partial charge on any atom is 0.494 e. The molecule has 0 aromatic heterocycles. The minimum absolute atomic E-state index is 0.0577. The van der Waals surface area contributed by atoms with Crippen LogP contribution in [0.2, 0.25) is 0 Å². The Morgan fingerprint density at radius 2 is 1.44 bits per heavy atom. The number of hydrogen-bond donors (Lipinski definition) is 0. The van der Waals surface area contributed by atoms with Crippen LogP contribution in [0.15, 0.2) is 24.3 Å². The van der Waals surface area contributed by atoms with Crippen molar-refractivity contribution in [3.63, 3.8) is 0 Å². The molecule has 0 amide bonds. The quantitative estimate of drug-likeness (QED) is 0.586. The largest absolute Gasteiger partial charge is 0.494 e. The fourth-order valence-corrected chi connectivity index (χ4v) is 6.92. The van der Waals surface area contributed by atoms with Crippen LogP contribution in [0.3, 0.4) is 0 Å². The van der Waals surface area contributed by atoms with Gasteiger partial charge in [0.15, 0.2) is 15.6 Å². The van der Waals surface area contributed by atoms with Gasteiger partial charge < -0.3 is 9.31 Å². The highest BCUT2D eigenvalue weighted by molar-refractivity contribution is 7.93. The molecule has 3 aliphatic heterocycles. The number of fused-ring (bicyclic) bond motifs is 2. The van der Waals surface area contributed by atoms with Crippen molar-refractivity contribution in [1.82, 2.24) is 0 Å². The molecule has 0 spiro atoms. The lowest BCUT2D eigenvalue weighted by Crippen LogP contribution is -2.41. The summed E-state index contributed by atoms with van der Waals surface area (Å²) in [5.74, 6) is -0.129. The molecule has 7 heteroatoms. The van der Waals surface area contributed by atoms with E-state index in [0.717, 1.165) is 5.46 Å². The second kappa shape index (κ2) is 6.16. The van der Waals surface area contributed by atoms with E-state index in [1.807, 2.05) is 52.0 Å². The minimum atomic E-state index is -3.00. The molecular formula is C20H27BO5S. The zero-order valence-corrected chi connectivity index (χ0v) is 17.2. The first-order chi connectivity index (χ1) is 12.5. The molecule has 27 heavy (non-hydrogen) atoms. The van der Waals surface area contributed by atoms with Crippen LogP contribution < -0.4 is 5.46 Å². The Kier molecular flexibility index (Phi) is 4.37. The lowest BCUT2D eigenvalue weighted by atomic mass is 9.78. The summed E-state index contributed by atoms with van der Waals surface area (Å²) in [6.07, 6.45) is 2.35. The molecular weight excluding hydrogens is 363 g/mol. The van der Waals surface area contributed by atoms with Gasteiger partial charge in [0.25, 0.3) is 0 Å². The zero-order valence-electron chi connectivity index (χ0n) is 16.4. The van der Waals surface area contributed by atoms with Gasteiger partial charge in [0, 0.05) is 11.5 Å². The van der Waals surface area contributed by atoms with Gasteiger partial charge in [-0.15, -0.1) is 0 Å². The van der Waals surface area contributed by atoms with Crippen molar-refractivity contribution in [2.75, 3.05) is 0 Å². The summed E-state index contributed by atoms with van der Waals surface area (Å²) in [6, 6.07) is 7.38. The number of Topliss-reactive ketones (excluding diaryl/α,β-unsaturated/α-hetero) is 1. The van der Waals surface area contributed by atoms with Gasteiger partial charge in [0.05, 0.1) is 21.7 Å². The van der Waals surface area contributed by atoms with E-state index in [4.69, 9.17) is 9.31 Å². The summed E-state index contributed by atoms with van der Waals surface area (Å²) in [7, 11) is -3.45. The molecule has 0 radical (unpaired) electrons. The molecule has 1 aromatic carbocycles. The molecule has 3 aliphatic rings. The molecule has 1 aromatic rings. The summed E-state index contributed by atoms with van der Waals surface area (Å²) in [5, 5.41) is -0.650. The molecule has 3 fully saturated rings. The average Bonchev–Trinajstić information content (AvgIpc) is 2.89. The van der Waals surface area contributed by atoms with Gasteiger partial charge in [-0.1, -0.05) is 24.3 Å². The van der Waals surface area contributed by atoms with Gasteiger partial charge in [-0.25, -0.2) is 8.42 Å². The average molecular weight is 390 g/mol. The normalized spacial score (nSPS) is 33.2. The summed E-state index contributed by atoms with van der Waals surface area (Å²) in [5.41, 5.74) is 0.716. The number of carbonyl (C=O) groups is 1. The third-order valence-corrected chi connectivity index (χ3v) is 9.64.